The maximum atomic E-state index is 12.5. The average molecular weight is 327 g/mol. The Kier molecular flexibility index (Phi) is 4.06. The third-order valence-corrected chi connectivity index (χ3v) is 5.27. The van der Waals surface area contributed by atoms with Crippen LogP contribution >= 0.6 is 11.3 Å². The minimum atomic E-state index is 0.00137. The Balaban J connectivity index is 1.70. The van der Waals surface area contributed by atoms with Crippen molar-refractivity contribution in [3.05, 3.63) is 42.0 Å². The van der Waals surface area contributed by atoms with Gasteiger partial charge in [0.1, 0.15) is 5.01 Å². The van der Waals surface area contributed by atoms with E-state index in [9.17, 15) is 4.79 Å². The van der Waals surface area contributed by atoms with Gasteiger partial charge in [-0.25, -0.2) is 0 Å². The standard InChI is InChI=1S/C18H21N3OS/c1-11(2)10-13-14(18(13,3)4)15(22)19-17-21-20-16(23-17)12-8-6-5-7-9-12/h5-10,13-14H,1-4H3,(H,19,21,22). The van der Waals surface area contributed by atoms with E-state index in [1.54, 1.807) is 0 Å². The van der Waals surface area contributed by atoms with E-state index in [-0.39, 0.29) is 17.2 Å². The first-order valence-electron chi connectivity index (χ1n) is 7.74. The van der Waals surface area contributed by atoms with Gasteiger partial charge < -0.3 is 5.32 Å². The van der Waals surface area contributed by atoms with Crippen molar-refractivity contribution in [2.45, 2.75) is 27.7 Å². The average Bonchev–Trinajstić information content (AvgIpc) is 2.86. The van der Waals surface area contributed by atoms with Crippen LogP contribution in [0.1, 0.15) is 27.7 Å². The van der Waals surface area contributed by atoms with Gasteiger partial charge in [0.25, 0.3) is 0 Å². The number of allylic oxidation sites excluding steroid dienone is 2. The highest BCUT2D eigenvalue weighted by molar-refractivity contribution is 7.18. The Morgan fingerprint density at radius 2 is 1.91 bits per heavy atom. The zero-order valence-corrected chi connectivity index (χ0v) is 14.6. The molecule has 0 bridgehead atoms. The second-order valence-corrected chi connectivity index (χ2v) is 7.81. The topological polar surface area (TPSA) is 54.9 Å². The zero-order valence-electron chi connectivity index (χ0n) is 13.8. The molecule has 1 amide bonds. The Hall–Kier alpha value is -2.01. The minimum absolute atomic E-state index is 0.00137. The molecule has 0 spiro atoms. The SMILES string of the molecule is CC(C)=CC1C(C(=O)Nc2nnc(-c3ccccc3)s2)C1(C)C. The molecule has 1 aliphatic carbocycles. The monoisotopic (exact) mass is 327 g/mol. The maximum Gasteiger partial charge on any atom is 0.230 e. The number of rotatable bonds is 4. The fourth-order valence-corrected chi connectivity index (χ4v) is 3.75. The summed E-state index contributed by atoms with van der Waals surface area (Å²) < 4.78 is 0. The molecule has 3 rings (SSSR count). The van der Waals surface area contributed by atoms with Gasteiger partial charge in [0.05, 0.1) is 5.92 Å². The van der Waals surface area contributed by atoms with E-state index in [0.29, 0.717) is 11.0 Å². The van der Waals surface area contributed by atoms with Crippen LogP contribution in [0.25, 0.3) is 10.6 Å². The number of benzene rings is 1. The number of amides is 1. The van der Waals surface area contributed by atoms with Crippen molar-refractivity contribution in [3.8, 4) is 10.6 Å². The number of anilines is 1. The van der Waals surface area contributed by atoms with Crippen LogP contribution in [0.2, 0.25) is 0 Å². The number of hydrogen-bond donors (Lipinski definition) is 1. The van der Waals surface area contributed by atoms with E-state index in [2.05, 4.69) is 49.3 Å². The van der Waals surface area contributed by atoms with Crippen molar-refractivity contribution in [1.82, 2.24) is 10.2 Å². The number of nitrogens with one attached hydrogen (secondary N) is 1. The predicted octanol–water partition coefficient (Wildman–Crippen LogP) is 4.38. The van der Waals surface area contributed by atoms with E-state index in [1.165, 1.54) is 16.9 Å². The molecular formula is C18H21N3OS. The first kappa shape index (κ1) is 15.9. The molecule has 2 unspecified atom stereocenters. The van der Waals surface area contributed by atoms with Crippen LogP contribution in [0.15, 0.2) is 42.0 Å². The molecule has 1 aromatic carbocycles. The van der Waals surface area contributed by atoms with Crippen LogP contribution < -0.4 is 5.32 Å². The molecular weight excluding hydrogens is 306 g/mol. The Bertz CT molecular complexity index is 745. The third kappa shape index (κ3) is 3.20. The van der Waals surface area contributed by atoms with Crippen LogP contribution in [-0.4, -0.2) is 16.1 Å². The van der Waals surface area contributed by atoms with Crippen molar-refractivity contribution < 1.29 is 4.79 Å². The molecule has 23 heavy (non-hydrogen) atoms. The molecule has 4 nitrogen and oxygen atoms in total. The fourth-order valence-electron chi connectivity index (χ4n) is 3.00. The lowest BCUT2D eigenvalue weighted by Crippen LogP contribution is -2.16. The second kappa shape index (κ2) is 5.89. The summed E-state index contributed by atoms with van der Waals surface area (Å²) in [5.41, 5.74) is 2.27. The first-order valence-corrected chi connectivity index (χ1v) is 8.56. The first-order chi connectivity index (χ1) is 10.9. The van der Waals surface area contributed by atoms with E-state index < -0.39 is 0 Å². The van der Waals surface area contributed by atoms with Crippen LogP contribution in [0, 0.1) is 17.3 Å². The predicted molar refractivity (Wildman–Crippen MR) is 94.2 cm³/mol. The summed E-state index contributed by atoms with van der Waals surface area (Å²) in [6.07, 6.45) is 2.19. The van der Waals surface area contributed by atoms with Gasteiger partial charge >= 0.3 is 0 Å². The summed E-state index contributed by atoms with van der Waals surface area (Å²) in [5, 5.41) is 12.6. The molecule has 120 valence electrons. The Morgan fingerprint density at radius 3 is 2.57 bits per heavy atom. The maximum absolute atomic E-state index is 12.5. The van der Waals surface area contributed by atoms with E-state index in [0.717, 1.165) is 10.6 Å². The minimum Gasteiger partial charge on any atom is -0.300 e. The molecule has 5 heteroatoms. The summed E-state index contributed by atoms with van der Waals surface area (Å²) in [6, 6.07) is 9.87. The van der Waals surface area contributed by atoms with Gasteiger partial charge in [0.15, 0.2) is 0 Å². The van der Waals surface area contributed by atoms with Crippen molar-refractivity contribution in [3.63, 3.8) is 0 Å². The quantitative estimate of drug-likeness (QED) is 0.848. The van der Waals surface area contributed by atoms with Gasteiger partial charge in [0.2, 0.25) is 11.0 Å². The fraction of sp³-hybridized carbons (Fsp3) is 0.389. The summed E-state index contributed by atoms with van der Waals surface area (Å²) in [5.74, 6) is 0.337. The van der Waals surface area contributed by atoms with Gasteiger partial charge in [-0.2, -0.15) is 0 Å². The number of nitrogens with zero attached hydrogens (tertiary/aromatic N) is 2. The lowest BCUT2D eigenvalue weighted by atomic mass is 10.1. The second-order valence-electron chi connectivity index (χ2n) is 6.84. The molecule has 2 atom stereocenters. The molecule has 1 aliphatic rings. The van der Waals surface area contributed by atoms with Gasteiger partial charge in [-0.3, -0.25) is 4.79 Å². The Morgan fingerprint density at radius 1 is 1.22 bits per heavy atom. The van der Waals surface area contributed by atoms with Crippen molar-refractivity contribution in [1.29, 1.82) is 0 Å². The third-order valence-electron chi connectivity index (χ3n) is 4.38. The van der Waals surface area contributed by atoms with Crippen LogP contribution in [-0.2, 0) is 4.79 Å². The summed E-state index contributed by atoms with van der Waals surface area (Å²) in [7, 11) is 0. The van der Waals surface area contributed by atoms with E-state index in [4.69, 9.17) is 0 Å². The van der Waals surface area contributed by atoms with Crippen LogP contribution in [0.3, 0.4) is 0 Å². The molecule has 0 aliphatic heterocycles. The molecule has 0 saturated heterocycles. The highest BCUT2D eigenvalue weighted by Gasteiger charge is 2.60. The highest BCUT2D eigenvalue weighted by Crippen LogP contribution is 2.59. The van der Waals surface area contributed by atoms with Gasteiger partial charge in [-0.05, 0) is 25.2 Å². The zero-order chi connectivity index (χ0) is 16.6. The summed E-state index contributed by atoms with van der Waals surface area (Å²) in [6.45, 7) is 8.41. The smallest absolute Gasteiger partial charge is 0.230 e. The molecule has 1 heterocycles. The van der Waals surface area contributed by atoms with Gasteiger partial charge in [-0.15, -0.1) is 10.2 Å². The van der Waals surface area contributed by atoms with Gasteiger partial charge in [0, 0.05) is 5.56 Å². The van der Waals surface area contributed by atoms with Crippen molar-refractivity contribution in [2.24, 2.45) is 17.3 Å². The van der Waals surface area contributed by atoms with Crippen LogP contribution in [0.5, 0.6) is 0 Å². The normalized spacial score (nSPS) is 21.6. The highest BCUT2D eigenvalue weighted by atomic mass is 32.1. The van der Waals surface area contributed by atoms with Gasteiger partial charge in [-0.1, -0.05) is 67.2 Å². The molecule has 0 radical (unpaired) electrons. The number of hydrogen-bond acceptors (Lipinski definition) is 4. The Labute approximate surface area is 140 Å². The van der Waals surface area contributed by atoms with Crippen LogP contribution in [0.4, 0.5) is 5.13 Å². The number of carbonyl (C=O) groups is 1. The van der Waals surface area contributed by atoms with E-state index in [1.807, 2.05) is 30.3 Å². The summed E-state index contributed by atoms with van der Waals surface area (Å²) >= 11 is 1.41. The molecule has 1 fully saturated rings. The van der Waals surface area contributed by atoms with Crippen molar-refractivity contribution in [2.75, 3.05) is 5.32 Å². The molecule has 1 saturated carbocycles. The number of carbonyl (C=O) groups excluding carboxylic acids is 1. The molecule has 1 N–H and O–H groups in total. The van der Waals surface area contributed by atoms with Crippen molar-refractivity contribution >= 4 is 22.4 Å². The number of aromatic nitrogens is 2. The van der Waals surface area contributed by atoms with E-state index >= 15 is 0 Å². The lowest BCUT2D eigenvalue weighted by Gasteiger charge is -2.01. The lowest BCUT2D eigenvalue weighted by molar-refractivity contribution is -0.118. The largest absolute Gasteiger partial charge is 0.300 e. The summed E-state index contributed by atoms with van der Waals surface area (Å²) in [4.78, 5) is 12.5. The molecule has 2 aromatic rings. The molecule has 1 aromatic heterocycles.